The van der Waals surface area contributed by atoms with Crippen LogP contribution in [0.15, 0.2) is 23.8 Å². The zero-order chi connectivity index (χ0) is 14.5. The van der Waals surface area contributed by atoms with Crippen molar-refractivity contribution in [3.8, 4) is 0 Å². The zero-order valence-corrected chi connectivity index (χ0v) is 15.4. The van der Waals surface area contributed by atoms with E-state index in [1.54, 1.807) is 7.05 Å². The lowest BCUT2D eigenvalue weighted by Gasteiger charge is -2.24. The molecule has 0 radical (unpaired) electrons. The maximum Gasteiger partial charge on any atom is 0.191 e. The van der Waals surface area contributed by atoms with Crippen LogP contribution in [0.5, 0.6) is 0 Å². The predicted octanol–water partition coefficient (Wildman–Crippen LogP) is 2.29. The van der Waals surface area contributed by atoms with Gasteiger partial charge in [0.2, 0.25) is 0 Å². The molecule has 6 heteroatoms. The largest absolute Gasteiger partial charge is 0.353 e. The molecule has 0 saturated carbocycles. The molecule has 0 amide bonds. The molecule has 1 aliphatic carbocycles. The number of aromatic nitrogens is 2. The Balaban J connectivity index is 0.00000220. The molecule has 0 saturated heterocycles. The third kappa shape index (κ3) is 4.72. The number of rotatable bonds is 4. The Hall–Kier alpha value is -1.05. The van der Waals surface area contributed by atoms with Crippen LogP contribution in [0.2, 0.25) is 0 Å². The third-order valence-electron chi connectivity index (χ3n) is 3.60. The van der Waals surface area contributed by atoms with E-state index in [4.69, 9.17) is 5.10 Å². The van der Waals surface area contributed by atoms with E-state index in [1.807, 2.05) is 6.08 Å². The van der Waals surface area contributed by atoms with Crippen LogP contribution in [0.3, 0.4) is 0 Å². The zero-order valence-electron chi connectivity index (χ0n) is 13.1. The number of nitrogens with zero attached hydrogens (tertiary/aromatic N) is 3. The van der Waals surface area contributed by atoms with Gasteiger partial charge in [-0.3, -0.25) is 9.67 Å². The fourth-order valence-electron chi connectivity index (χ4n) is 2.46. The van der Waals surface area contributed by atoms with Gasteiger partial charge in [0.05, 0.1) is 5.69 Å². The fraction of sp³-hybridized carbons (Fsp3) is 0.600. The first-order valence-electron chi connectivity index (χ1n) is 7.29. The van der Waals surface area contributed by atoms with Crippen molar-refractivity contribution in [3.63, 3.8) is 0 Å². The van der Waals surface area contributed by atoms with Crippen LogP contribution < -0.4 is 10.6 Å². The second-order valence-electron chi connectivity index (χ2n) is 5.50. The second-order valence-corrected chi connectivity index (χ2v) is 5.50. The average molecular weight is 403 g/mol. The summed E-state index contributed by atoms with van der Waals surface area (Å²) in [5.74, 6) is 0.835. The van der Waals surface area contributed by atoms with Crippen molar-refractivity contribution in [2.45, 2.75) is 45.2 Å². The summed E-state index contributed by atoms with van der Waals surface area (Å²) in [6.45, 7) is 8.75. The molecule has 1 aliphatic rings. The number of hydrogen-bond donors (Lipinski definition) is 2. The van der Waals surface area contributed by atoms with Gasteiger partial charge in [0.15, 0.2) is 5.96 Å². The van der Waals surface area contributed by atoms with Crippen molar-refractivity contribution in [2.24, 2.45) is 4.99 Å². The van der Waals surface area contributed by atoms with E-state index in [9.17, 15) is 0 Å². The van der Waals surface area contributed by atoms with Gasteiger partial charge in [-0.25, -0.2) is 0 Å². The maximum atomic E-state index is 4.70. The van der Waals surface area contributed by atoms with Crippen molar-refractivity contribution in [3.05, 3.63) is 30.1 Å². The third-order valence-corrected chi connectivity index (χ3v) is 3.60. The monoisotopic (exact) mass is 403 g/mol. The van der Waals surface area contributed by atoms with E-state index in [0.717, 1.165) is 31.8 Å². The van der Waals surface area contributed by atoms with Crippen molar-refractivity contribution < 1.29 is 0 Å². The Kier molecular flexibility index (Phi) is 7.21. The first-order chi connectivity index (χ1) is 9.63. The molecule has 118 valence electrons. The Morgan fingerprint density at radius 2 is 2.38 bits per heavy atom. The molecule has 21 heavy (non-hydrogen) atoms. The Bertz CT molecular complexity index is 492. The van der Waals surface area contributed by atoms with Gasteiger partial charge in [0.1, 0.15) is 0 Å². The van der Waals surface area contributed by atoms with Gasteiger partial charge >= 0.3 is 0 Å². The van der Waals surface area contributed by atoms with Crippen LogP contribution in [-0.2, 0) is 12.8 Å². The molecule has 0 aliphatic heterocycles. The molecule has 0 bridgehead atoms. The molecule has 1 aromatic rings. The van der Waals surface area contributed by atoms with Crippen LogP contribution in [0.4, 0.5) is 0 Å². The van der Waals surface area contributed by atoms with Crippen LogP contribution in [-0.4, -0.2) is 35.4 Å². The average Bonchev–Trinajstić information content (AvgIpc) is 2.86. The predicted molar refractivity (Wildman–Crippen MR) is 98.5 cm³/mol. The lowest BCUT2D eigenvalue weighted by Crippen LogP contribution is -2.45. The number of hydrogen-bond acceptors (Lipinski definition) is 2. The van der Waals surface area contributed by atoms with Crippen molar-refractivity contribution in [1.29, 1.82) is 0 Å². The highest BCUT2D eigenvalue weighted by Gasteiger charge is 2.22. The number of halogens is 1. The molecule has 2 N–H and O–H groups in total. The molecule has 0 spiro atoms. The van der Waals surface area contributed by atoms with Crippen molar-refractivity contribution >= 4 is 29.9 Å². The summed E-state index contributed by atoms with van der Waals surface area (Å²) in [7, 11) is 1.79. The molecule has 1 aromatic heterocycles. The first-order valence-corrected chi connectivity index (χ1v) is 7.29. The lowest BCUT2D eigenvalue weighted by atomic mass is 9.94. The molecule has 0 aromatic carbocycles. The number of aryl methyl sites for hydroxylation is 1. The minimum atomic E-state index is 0. The highest BCUT2D eigenvalue weighted by molar-refractivity contribution is 14.0. The van der Waals surface area contributed by atoms with E-state index in [2.05, 4.69) is 46.9 Å². The molecule has 5 nitrogen and oxygen atoms in total. The molecule has 1 heterocycles. The molecular weight excluding hydrogens is 377 g/mol. The van der Waals surface area contributed by atoms with Crippen LogP contribution in [0, 0.1) is 0 Å². The van der Waals surface area contributed by atoms with E-state index in [-0.39, 0.29) is 24.0 Å². The fourth-order valence-corrected chi connectivity index (χ4v) is 2.46. The standard InChI is InChI=1S/C15H25N5.HI/c1-5-8-17-15(16-4)18-13-7-6-12-10-20(11(2)3)19-14(12)9-13;/h5,10-11,13H,1,6-9H2,2-4H3,(H2,16,17,18);1H. The molecule has 2 rings (SSSR count). The van der Waals surface area contributed by atoms with E-state index >= 15 is 0 Å². The van der Waals surface area contributed by atoms with E-state index in [0.29, 0.717) is 12.1 Å². The van der Waals surface area contributed by atoms with Gasteiger partial charge in [-0.2, -0.15) is 5.10 Å². The number of fused-ring (bicyclic) bond motifs is 1. The number of aliphatic imine (C=N–C) groups is 1. The SMILES string of the molecule is C=CCNC(=NC)NC1CCc2cn(C(C)C)nc2C1.I. The highest BCUT2D eigenvalue weighted by atomic mass is 127. The lowest BCUT2D eigenvalue weighted by molar-refractivity contribution is 0.500. The molecule has 0 fully saturated rings. The van der Waals surface area contributed by atoms with Gasteiger partial charge in [-0.1, -0.05) is 6.08 Å². The van der Waals surface area contributed by atoms with Gasteiger partial charge in [-0.15, -0.1) is 30.6 Å². The summed E-state index contributed by atoms with van der Waals surface area (Å²) in [4.78, 5) is 4.23. The molecule has 1 unspecified atom stereocenters. The Morgan fingerprint density at radius 3 is 3.00 bits per heavy atom. The summed E-state index contributed by atoms with van der Waals surface area (Å²) in [6.07, 6.45) is 7.19. The van der Waals surface area contributed by atoms with Crippen LogP contribution in [0.25, 0.3) is 0 Å². The van der Waals surface area contributed by atoms with Gasteiger partial charge in [0, 0.05) is 38.3 Å². The number of nitrogens with one attached hydrogen (secondary N) is 2. The second kappa shape index (κ2) is 8.41. The van der Waals surface area contributed by atoms with E-state index in [1.165, 1.54) is 11.3 Å². The maximum absolute atomic E-state index is 4.70. The van der Waals surface area contributed by atoms with Gasteiger partial charge < -0.3 is 10.6 Å². The Labute approximate surface area is 144 Å². The smallest absolute Gasteiger partial charge is 0.191 e. The van der Waals surface area contributed by atoms with Crippen molar-refractivity contribution in [2.75, 3.05) is 13.6 Å². The normalized spacial score (nSPS) is 17.9. The van der Waals surface area contributed by atoms with Gasteiger partial charge in [-0.05, 0) is 32.3 Å². The van der Waals surface area contributed by atoms with Crippen LogP contribution in [0.1, 0.15) is 37.6 Å². The van der Waals surface area contributed by atoms with Crippen LogP contribution >= 0.6 is 24.0 Å². The molecular formula is C15H26IN5. The summed E-state index contributed by atoms with van der Waals surface area (Å²) in [6, 6.07) is 0.822. The number of guanidine groups is 1. The summed E-state index contributed by atoms with van der Waals surface area (Å²) in [5, 5.41) is 11.4. The highest BCUT2D eigenvalue weighted by Crippen LogP contribution is 2.21. The first kappa shape index (κ1) is 18.0. The summed E-state index contributed by atoms with van der Waals surface area (Å²) >= 11 is 0. The van der Waals surface area contributed by atoms with Gasteiger partial charge in [0.25, 0.3) is 0 Å². The van der Waals surface area contributed by atoms with Crippen molar-refractivity contribution in [1.82, 2.24) is 20.4 Å². The topological polar surface area (TPSA) is 54.2 Å². The summed E-state index contributed by atoms with van der Waals surface area (Å²) < 4.78 is 2.07. The summed E-state index contributed by atoms with van der Waals surface area (Å²) in [5.41, 5.74) is 2.62. The van der Waals surface area contributed by atoms with E-state index < -0.39 is 0 Å². The minimum absolute atomic E-state index is 0. The quantitative estimate of drug-likeness (QED) is 0.351. The minimum Gasteiger partial charge on any atom is -0.353 e. The molecule has 1 atom stereocenters. The Morgan fingerprint density at radius 1 is 1.62 bits per heavy atom.